The van der Waals surface area contributed by atoms with Crippen LogP contribution in [0, 0.1) is 5.92 Å². The molecule has 0 saturated carbocycles. The van der Waals surface area contributed by atoms with Gasteiger partial charge in [0.05, 0.1) is 13.2 Å². The van der Waals surface area contributed by atoms with E-state index in [4.69, 9.17) is 9.73 Å². The van der Waals surface area contributed by atoms with Gasteiger partial charge in [-0.1, -0.05) is 33.1 Å². The molecular weight excluding hydrogens is 300 g/mol. The lowest BCUT2D eigenvalue weighted by atomic mass is 10.00. The second kappa shape index (κ2) is 10.9. The quantitative estimate of drug-likeness (QED) is 0.545. The predicted molar refractivity (Wildman–Crippen MR) is 102 cm³/mol. The fraction of sp³-hybridized carbons (Fsp3) is 0.947. The van der Waals surface area contributed by atoms with Crippen molar-refractivity contribution in [1.29, 1.82) is 0 Å². The summed E-state index contributed by atoms with van der Waals surface area (Å²) in [5, 5.41) is 3.52. The molecule has 2 fully saturated rings. The Morgan fingerprint density at radius 2 is 2.00 bits per heavy atom. The lowest BCUT2D eigenvalue weighted by Crippen LogP contribution is -2.46. The molecule has 0 amide bonds. The van der Waals surface area contributed by atoms with E-state index in [9.17, 15) is 0 Å². The Morgan fingerprint density at radius 3 is 2.67 bits per heavy atom. The van der Waals surface area contributed by atoms with E-state index < -0.39 is 0 Å². The van der Waals surface area contributed by atoms with Crippen LogP contribution < -0.4 is 5.32 Å². The van der Waals surface area contributed by atoms with Gasteiger partial charge < -0.3 is 15.0 Å². The molecule has 2 heterocycles. The first-order chi connectivity index (χ1) is 11.8. The number of rotatable bonds is 8. The van der Waals surface area contributed by atoms with Gasteiger partial charge in [-0.3, -0.25) is 9.89 Å². The van der Waals surface area contributed by atoms with Crippen molar-refractivity contribution in [2.45, 2.75) is 58.9 Å². The molecule has 0 spiro atoms. The number of aliphatic imine (C=N–C) groups is 1. The Kier molecular flexibility index (Phi) is 8.89. The molecule has 0 radical (unpaired) electrons. The SMILES string of the molecule is CCCCC(CC)CN=C(NCC)N1CCC(N2CCOCC2)C1. The number of nitrogens with zero attached hydrogens (tertiary/aromatic N) is 3. The van der Waals surface area contributed by atoms with Crippen LogP contribution in [0.1, 0.15) is 52.9 Å². The fourth-order valence-corrected chi connectivity index (χ4v) is 3.73. The molecule has 2 aliphatic heterocycles. The maximum Gasteiger partial charge on any atom is 0.193 e. The second-order valence-corrected chi connectivity index (χ2v) is 7.15. The van der Waals surface area contributed by atoms with E-state index >= 15 is 0 Å². The highest BCUT2D eigenvalue weighted by Crippen LogP contribution is 2.18. The maximum atomic E-state index is 5.49. The number of ether oxygens (including phenoxy) is 1. The van der Waals surface area contributed by atoms with Gasteiger partial charge in [-0.15, -0.1) is 0 Å². The van der Waals surface area contributed by atoms with Crippen molar-refractivity contribution in [1.82, 2.24) is 15.1 Å². The summed E-state index contributed by atoms with van der Waals surface area (Å²) >= 11 is 0. The zero-order chi connectivity index (χ0) is 17.2. The average Bonchev–Trinajstić information content (AvgIpc) is 3.11. The third kappa shape index (κ3) is 5.92. The molecule has 2 aliphatic rings. The highest BCUT2D eigenvalue weighted by atomic mass is 16.5. The summed E-state index contributed by atoms with van der Waals surface area (Å²) in [7, 11) is 0. The first-order valence-corrected chi connectivity index (χ1v) is 10.1. The van der Waals surface area contributed by atoms with E-state index in [2.05, 4.69) is 35.9 Å². The number of unbranched alkanes of at least 4 members (excludes halogenated alkanes) is 1. The highest BCUT2D eigenvalue weighted by Gasteiger charge is 2.30. The number of morpholine rings is 1. The Balaban J connectivity index is 1.88. The lowest BCUT2D eigenvalue weighted by molar-refractivity contribution is 0.0195. The van der Waals surface area contributed by atoms with Gasteiger partial charge in [-0.2, -0.15) is 0 Å². The predicted octanol–water partition coefficient (Wildman–Crippen LogP) is 2.57. The first-order valence-electron chi connectivity index (χ1n) is 10.1. The summed E-state index contributed by atoms with van der Waals surface area (Å²) in [6, 6.07) is 0.666. The molecule has 1 N–H and O–H groups in total. The highest BCUT2D eigenvalue weighted by molar-refractivity contribution is 5.80. The van der Waals surface area contributed by atoms with E-state index in [1.807, 2.05) is 0 Å². The normalized spacial score (nSPS) is 24.4. The number of nitrogens with one attached hydrogen (secondary N) is 1. The molecule has 2 unspecified atom stereocenters. The molecule has 0 bridgehead atoms. The van der Waals surface area contributed by atoms with Gasteiger partial charge in [0, 0.05) is 45.3 Å². The van der Waals surface area contributed by atoms with Crippen LogP contribution in [0.5, 0.6) is 0 Å². The number of guanidine groups is 1. The van der Waals surface area contributed by atoms with Crippen molar-refractivity contribution in [3.63, 3.8) is 0 Å². The van der Waals surface area contributed by atoms with Gasteiger partial charge in [0.15, 0.2) is 5.96 Å². The van der Waals surface area contributed by atoms with Crippen LogP contribution >= 0.6 is 0 Å². The van der Waals surface area contributed by atoms with E-state index in [1.54, 1.807) is 0 Å². The van der Waals surface area contributed by atoms with Crippen LogP contribution in [0.3, 0.4) is 0 Å². The van der Waals surface area contributed by atoms with Crippen LogP contribution in [-0.2, 0) is 4.74 Å². The summed E-state index contributed by atoms with van der Waals surface area (Å²) in [5.41, 5.74) is 0. The molecular formula is C19H38N4O. The second-order valence-electron chi connectivity index (χ2n) is 7.15. The number of hydrogen-bond donors (Lipinski definition) is 1. The van der Waals surface area contributed by atoms with Crippen molar-refractivity contribution in [2.75, 3.05) is 52.5 Å². The van der Waals surface area contributed by atoms with Crippen LogP contribution in [0.2, 0.25) is 0 Å². The smallest absolute Gasteiger partial charge is 0.193 e. The zero-order valence-corrected chi connectivity index (χ0v) is 16.1. The van der Waals surface area contributed by atoms with Crippen molar-refractivity contribution in [3.8, 4) is 0 Å². The van der Waals surface area contributed by atoms with Crippen LogP contribution in [0.15, 0.2) is 4.99 Å². The molecule has 24 heavy (non-hydrogen) atoms. The van der Waals surface area contributed by atoms with E-state index in [-0.39, 0.29) is 0 Å². The Morgan fingerprint density at radius 1 is 1.21 bits per heavy atom. The zero-order valence-electron chi connectivity index (χ0n) is 16.1. The third-order valence-corrected chi connectivity index (χ3v) is 5.40. The monoisotopic (exact) mass is 338 g/mol. The van der Waals surface area contributed by atoms with Crippen molar-refractivity contribution >= 4 is 5.96 Å². The standard InChI is InChI=1S/C19H38N4O/c1-4-7-8-17(5-2)15-21-19(20-6-3)23-10-9-18(16-23)22-11-13-24-14-12-22/h17-18H,4-16H2,1-3H3,(H,20,21). The van der Waals surface area contributed by atoms with Gasteiger partial charge in [-0.05, 0) is 25.7 Å². The van der Waals surface area contributed by atoms with Crippen molar-refractivity contribution in [2.24, 2.45) is 10.9 Å². The number of likely N-dealkylation sites (tertiary alicyclic amines) is 1. The van der Waals surface area contributed by atoms with Crippen LogP contribution in [-0.4, -0.2) is 74.3 Å². The molecule has 140 valence electrons. The van der Waals surface area contributed by atoms with E-state index in [0.717, 1.165) is 64.4 Å². The van der Waals surface area contributed by atoms with Gasteiger partial charge >= 0.3 is 0 Å². The summed E-state index contributed by atoms with van der Waals surface area (Å²) in [4.78, 5) is 10.1. The Bertz CT molecular complexity index is 368. The minimum atomic E-state index is 0.666. The molecule has 5 heteroatoms. The van der Waals surface area contributed by atoms with Gasteiger partial charge in [0.2, 0.25) is 0 Å². The van der Waals surface area contributed by atoms with Crippen molar-refractivity contribution in [3.05, 3.63) is 0 Å². The fourth-order valence-electron chi connectivity index (χ4n) is 3.73. The van der Waals surface area contributed by atoms with Gasteiger partial charge in [0.25, 0.3) is 0 Å². The van der Waals surface area contributed by atoms with E-state index in [1.165, 1.54) is 32.1 Å². The first kappa shape index (κ1) is 19.5. The molecule has 2 rings (SSSR count). The van der Waals surface area contributed by atoms with Gasteiger partial charge in [0.1, 0.15) is 0 Å². The molecule has 2 atom stereocenters. The largest absolute Gasteiger partial charge is 0.379 e. The molecule has 0 aliphatic carbocycles. The summed E-state index contributed by atoms with van der Waals surface area (Å²) in [5.74, 6) is 1.86. The third-order valence-electron chi connectivity index (χ3n) is 5.40. The minimum Gasteiger partial charge on any atom is -0.379 e. The van der Waals surface area contributed by atoms with Crippen LogP contribution in [0.25, 0.3) is 0 Å². The molecule has 0 aromatic carbocycles. The lowest BCUT2D eigenvalue weighted by Gasteiger charge is -2.32. The topological polar surface area (TPSA) is 40.1 Å². The van der Waals surface area contributed by atoms with Crippen LogP contribution in [0.4, 0.5) is 0 Å². The van der Waals surface area contributed by atoms with Crippen molar-refractivity contribution < 1.29 is 4.74 Å². The molecule has 0 aromatic heterocycles. The average molecular weight is 339 g/mol. The summed E-state index contributed by atoms with van der Waals surface area (Å²) < 4.78 is 5.49. The minimum absolute atomic E-state index is 0.666. The Labute approximate surface area is 148 Å². The number of hydrogen-bond acceptors (Lipinski definition) is 3. The molecule has 5 nitrogen and oxygen atoms in total. The summed E-state index contributed by atoms with van der Waals surface area (Å²) in [6.45, 7) is 14.8. The van der Waals surface area contributed by atoms with Gasteiger partial charge in [-0.25, -0.2) is 0 Å². The Hall–Kier alpha value is -0.810. The molecule has 0 aromatic rings. The molecule has 2 saturated heterocycles. The van der Waals surface area contributed by atoms with E-state index in [0.29, 0.717) is 6.04 Å². The summed E-state index contributed by atoms with van der Waals surface area (Å²) in [6.07, 6.45) is 6.41. The maximum absolute atomic E-state index is 5.49.